The molecular formula is C29H29N5O6S. The molecule has 0 radical (unpaired) electrons. The highest BCUT2D eigenvalue weighted by molar-refractivity contribution is 7.92. The summed E-state index contributed by atoms with van der Waals surface area (Å²) in [5.74, 6) is -0.274. The van der Waals surface area contributed by atoms with Crippen LogP contribution >= 0.6 is 0 Å². The lowest BCUT2D eigenvalue weighted by Crippen LogP contribution is -2.43. The van der Waals surface area contributed by atoms with E-state index in [4.69, 9.17) is 9.47 Å². The van der Waals surface area contributed by atoms with Crippen molar-refractivity contribution in [2.24, 2.45) is 0 Å². The van der Waals surface area contributed by atoms with Crippen LogP contribution in [0.5, 0.6) is 0 Å². The third-order valence-corrected chi connectivity index (χ3v) is 9.13. The maximum absolute atomic E-state index is 13.8. The van der Waals surface area contributed by atoms with Crippen LogP contribution in [0.3, 0.4) is 0 Å². The van der Waals surface area contributed by atoms with Crippen LogP contribution < -0.4 is 15.5 Å². The number of hydrogen-bond acceptors (Lipinski definition) is 10. The van der Waals surface area contributed by atoms with Gasteiger partial charge in [0.15, 0.2) is 5.44 Å². The molecule has 41 heavy (non-hydrogen) atoms. The van der Waals surface area contributed by atoms with Crippen LogP contribution in [0.25, 0.3) is 22.0 Å². The number of sulfone groups is 1. The molecule has 2 aromatic heterocycles. The van der Waals surface area contributed by atoms with Gasteiger partial charge < -0.3 is 30.1 Å². The van der Waals surface area contributed by atoms with Gasteiger partial charge in [0.05, 0.1) is 42.3 Å². The number of anilines is 3. The molecule has 4 aromatic rings. The minimum atomic E-state index is -4.02. The molecule has 212 valence electrons. The zero-order chi connectivity index (χ0) is 28.4. The summed E-state index contributed by atoms with van der Waals surface area (Å²) in [6.07, 6.45) is 3.09. The largest absolute Gasteiger partial charge is 0.478 e. The molecule has 0 amide bonds. The molecule has 2 saturated heterocycles. The molecule has 2 aliphatic heterocycles. The summed E-state index contributed by atoms with van der Waals surface area (Å²) in [6.45, 7) is 3.82. The van der Waals surface area contributed by atoms with E-state index in [1.165, 1.54) is 12.3 Å². The number of para-hydroxylation sites is 1. The van der Waals surface area contributed by atoms with Crippen LogP contribution in [0.1, 0.15) is 10.4 Å². The van der Waals surface area contributed by atoms with Crippen molar-refractivity contribution in [3.05, 3.63) is 72.6 Å². The SMILES string of the molecule is O=C(O)c1ccccc1Nc1c(S(=O)(=O)C2CNCCO2)cnc2ccc(-c3ccc(N4CCOCC4)nc3)cc12. The Morgan fingerprint density at radius 3 is 2.54 bits per heavy atom. The first-order chi connectivity index (χ1) is 19.9. The summed E-state index contributed by atoms with van der Waals surface area (Å²) in [7, 11) is -4.02. The van der Waals surface area contributed by atoms with Crippen molar-refractivity contribution in [2.45, 2.75) is 10.3 Å². The van der Waals surface area contributed by atoms with E-state index in [2.05, 4.69) is 25.5 Å². The highest BCUT2D eigenvalue weighted by atomic mass is 32.2. The summed E-state index contributed by atoms with van der Waals surface area (Å²) in [4.78, 5) is 23.2. The summed E-state index contributed by atoms with van der Waals surface area (Å²) < 4.78 is 38.7. The van der Waals surface area contributed by atoms with Crippen molar-refractivity contribution in [1.82, 2.24) is 15.3 Å². The van der Waals surface area contributed by atoms with E-state index in [9.17, 15) is 18.3 Å². The average molecular weight is 576 g/mol. The van der Waals surface area contributed by atoms with Crippen molar-refractivity contribution in [2.75, 3.05) is 56.2 Å². The summed E-state index contributed by atoms with van der Waals surface area (Å²) in [5, 5.41) is 16.5. The fourth-order valence-electron chi connectivity index (χ4n) is 5.03. The molecule has 2 aromatic carbocycles. The number of carbonyl (C=O) groups is 1. The van der Waals surface area contributed by atoms with Crippen molar-refractivity contribution in [1.29, 1.82) is 0 Å². The molecular weight excluding hydrogens is 546 g/mol. The van der Waals surface area contributed by atoms with E-state index in [1.807, 2.05) is 30.3 Å². The number of aromatic carboxylic acids is 1. The second-order valence-corrected chi connectivity index (χ2v) is 11.8. The number of aromatic nitrogens is 2. The Labute approximate surface area is 237 Å². The Balaban J connectivity index is 1.47. The number of ether oxygens (including phenoxy) is 2. The molecule has 2 fully saturated rings. The summed E-state index contributed by atoms with van der Waals surface area (Å²) >= 11 is 0. The predicted molar refractivity (Wildman–Crippen MR) is 154 cm³/mol. The Hall–Kier alpha value is -4.10. The number of hydrogen-bond donors (Lipinski definition) is 3. The minimum Gasteiger partial charge on any atom is -0.478 e. The van der Waals surface area contributed by atoms with E-state index >= 15 is 0 Å². The first kappa shape index (κ1) is 27.1. The number of fused-ring (bicyclic) bond motifs is 1. The van der Waals surface area contributed by atoms with Crippen LogP contribution in [0.4, 0.5) is 17.2 Å². The summed E-state index contributed by atoms with van der Waals surface area (Å²) in [6, 6.07) is 15.9. The molecule has 0 aliphatic carbocycles. The van der Waals surface area contributed by atoms with E-state index in [0.717, 1.165) is 30.0 Å². The first-order valence-electron chi connectivity index (χ1n) is 13.3. The average Bonchev–Trinajstić information content (AvgIpc) is 3.02. The Bertz CT molecular complexity index is 1680. The van der Waals surface area contributed by atoms with Gasteiger partial charge in [-0.3, -0.25) is 4.98 Å². The number of pyridine rings is 2. The second kappa shape index (κ2) is 11.4. The normalized spacial score (nSPS) is 17.9. The predicted octanol–water partition coefficient (Wildman–Crippen LogP) is 3.29. The first-order valence-corrected chi connectivity index (χ1v) is 14.8. The number of rotatable bonds is 7. The fraction of sp³-hybridized carbons (Fsp3) is 0.276. The zero-order valence-electron chi connectivity index (χ0n) is 22.1. The van der Waals surface area contributed by atoms with Crippen LogP contribution in [0.2, 0.25) is 0 Å². The highest BCUT2D eigenvalue weighted by Crippen LogP contribution is 2.37. The lowest BCUT2D eigenvalue weighted by molar-refractivity contribution is 0.0698. The third-order valence-electron chi connectivity index (χ3n) is 7.21. The molecule has 2 aliphatic rings. The van der Waals surface area contributed by atoms with Gasteiger partial charge >= 0.3 is 5.97 Å². The fourth-order valence-corrected chi connectivity index (χ4v) is 6.57. The van der Waals surface area contributed by atoms with Gasteiger partial charge in [-0.05, 0) is 42.0 Å². The molecule has 6 rings (SSSR count). The quantitative estimate of drug-likeness (QED) is 0.299. The third kappa shape index (κ3) is 5.46. The maximum atomic E-state index is 13.8. The molecule has 1 unspecified atom stereocenters. The van der Waals surface area contributed by atoms with Crippen molar-refractivity contribution in [3.63, 3.8) is 0 Å². The van der Waals surface area contributed by atoms with Gasteiger partial charge in [0, 0.05) is 49.5 Å². The standard InChI is InChI=1S/C29H29N5O6S/c35-29(36)21-3-1-2-4-24(21)33-28-22-15-19(20-6-8-26(32-16-20)34-10-13-39-14-11-34)5-7-23(22)31-17-25(28)41(37,38)27-18-30-9-12-40-27/h1-8,15-17,27,30H,9-14,18H2,(H,31,33)(H,35,36). The van der Waals surface area contributed by atoms with Crippen LogP contribution in [-0.4, -0.2) is 80.9 Å². The van der Waals surface area contributed by atoms with E-state index in [0.29, 0.717) is 30.7 Å². The van der Waals surface area contributed by atoms with Gasteiger partial charge in [0.2, 0.25) is 9.84 Å². The molecule has 0 saturated carbocycles. The molecule has 1 atom stereocenters. The number of benzene rings is 2. The number of nitrogens with zero attached hydrogens (tertiary/aromatic N) is 3. The molecule has 0 bridgehead atoms. The number of morpholine rings is 2. The maximum Gasteiger partial charge on any atom is 0.337 e. The van der Waals surface area contributed by atoms with Crippen LogP contribution in [0.15, 0.2) is 71.9 Å². The number of nitrogens with one attached hydrogen (secondary N) is 2. The van der Waals surface area contributed by atoms with E-state index in [-0.39, 0.29) is 35.0 Å². The van der Waals surface area contributed by atoms with Gasteiger partial charge in [0.1, 0.15) is 10.7 Å². The second-order valence-electron chi connectivity index (χ2n) is 9.76. The van der Waals surface area contributed by atoms with Crippen molar-refractivity contribution in [3.8, 4) is 11.1 Å². The smallest absolute Gasteiger partial charge is 0.337 e. The number of carboxylic acid groups (broad SMARTS) is 1. The highest BCUT2D eigenvalue weighted by Gasteiger charge is 2.33. The molecule has 0 spiro atoms. The lowest BCUT2D eigenvalue weighted by Gasteiger charge is -2.27. The molecule has 11 nitrogen and oxygen atoms in total. The Morgan fingerprint density at radius 1 is 1.00 bits per heavy atom. The Kier molecular flexibility index (Phi) is 7.54. The van der Waals surface area contributed by atoms with Crippen LogP contribution in [-0.2, 0) is 19.3 Å². The molecule has 4 heterocycles. The monoisotopic (exact) mass is 575 g/mol. The van der Waals surface area contributed by atoms with Gasteiger partial charge in [-0.2, -0.15) is 0 Å². The molecule has 3 N–H and O–H groups in total. The van der Waals surface area contributed by atoms with Crippen LogP contribution in [0, 0.1) is 0 Å². The van der Waals surface area contributed by atoms with Gasteiger partial charge in [-0.25, -0.2) is 18.2 Å². The zero-order valence-corrected chi connectivity index (χ0v) is 22.9. The molecule has 12 heteroatoms. The topological polar surface area (TPSA) is 143 Å². The van der Waals surface area contributed by atoms with Crippen molar-refractivity contribution >= 4 is 43.9 Å². The number of carboxylic acids is 1. The van der Waals surface area contributed by atoms with Gasteiger partial charge in [-0.1, -0.05) is 18.2 Å². The van der Waals surface area contributed by atoms with Crippen molar-refractivity contribution < 1.29 is 27.8 Å². The van der Waals surface area contributed by atoms with Gasteiger partial charge in [-0.15, -0.1) is 0 Å². The van der Waals surface area contributed by atoms with E-state index < -0.39 is 21.2 Å². The minimum absolute atomic E-state index is 0.00968. The van der Waals surface area contributed by atoms with E-state index in [1.54, 1.807) is 24.4 Å². The van der Waals surface area contributed by atoms with Gasteiger partial charge in [0.25, 0.3) is 0 Å². The Morgan fingerprint density at radius 2 is 1.80 bits per heavy atom. The summed E-state index contributed by atoms with van der Waals surface area (Å²) in [5.41, 5.74) is 1.59. The lowest BCUT2D eigenvalue weighted by atomic mass is 10.0.